The molecule has 0 rings (SSSR count). The second kappa shape index (κ2) is 8.48. The Kier molecular flexibility index (Phi) is 8.04. The molecule has 0 aliphatic carbocycles. The van der Waals surface area contributed by atoms with Crippen LogP contribution in [0.2, 0.25) is 0 Å². The molecule has 0 aromatic carbocycles. The lowest BCUT2D eigenvalue weighted by Gasteiger charge is -1.98. The second-order valence-corrected chi connectivity index (χ2v) is 2.30. The maximum atomic E-state index is 3.49. The maximum absolute atomic E-state index is 3.49. The predicted molar refractivity (Wildman–Crippen MR) is 46.1 cm³/mol. The van der Waals surface area contributed by atoms with Gasteiger partial charge in [0, 0.05) is 0 Å². The molecule has 0 aliphatic rings. The Hall–Kier alpha value is -0.520. The van der Waals surface area contributed by atoms with Gasteiger partial charge in [0.15, 0.2) is 0 Å². The van der Waals surface area contributed by atoms with Gasteiger partial charge in [-0.1, -0.05) is 13.5 Å². The highest BCUT2D eigenvalue weighted by atomic mass is 14.8. The van der Waals surface area contributed by atoms with Gasteiger partial charge in [-0.25, -0.2) is 0 Å². The molecule has 0 atom stereocenters. The Labute approximate surface area is 63.8 Å². The first kappa shape index (κ1) is 9.48. The minimum Gasteiger partial charge on any atom is -0.317 e. The molecule has 0 amide bonds. The van der Waals surface area contributed by atoms with Crippen molar-refractivity contribution in [3.63, 3.8) is 0 Å². The van der Waals surface area contributed by atoms with E-state index in [1.165, 1.54) is 12.8 Å². The summed E-state index contributed by atoms with van der Waals surface area (Å²) in [4.78, 5) is 0. The third kappa shape index (κ3) is 7.48. The normalized spacial score (nSPS) is 8.90. The second-order valence-electron chi connectivity index (χ2n) is 2.30. The first-order chi connectivity index (χ1) is 4.91. The number of hydrogen-bond acceptors (Lipinski definition) is 1. The van der Waals surface area contributed by atoms with E-state index in [-0.39, 0.29) is 0 Å². The average Bonchev–Trinajstić information content (AvgIpc) is 1.97. The minimum atomic E-state index is 1.10. The van der Waals surface area contributed by atoms with Crippen LogP contribution in [0.3, 0.4) is 0 Å². The van der Waals surface area contributed by atoms with Crippen molar-refractivity contribution in [2.75, 3.05) is 13.1 Å². The molecule has 0 aromatic heterocycles. The maximum Gasteiger partial charge on any atom is -0.00457 e. The molecule has 10 heavy (non-hydrogen) atoms. The standard InChI is InChI=1S/C9H17N/c1-3-5-6-7-9-10-8-4-2/h5,10H,1,4,6-9H2,2H3. The Bertz CT molecular complexity index is 101. The summed E-state index contributed by atoms with van der Waals surface area (Å²) < 4.78 is 0. The monoisotopic (exact) mass is 139 g/mol. The molecule has 1 N–H and O–H groups in total. The summed E-state index contributed by atoms with van der Waals surface area (Å²) in [5, 5.41) is 3.33. The summed E-state index contributed by atoms with van der Waals surface area (Å²) in [5.41, 5.74) is 2.76. The molecule has 0 aromatic rings. The molecule has 0 spiro atoms. The summed E-state index contributed by atoms with van der Waals surface area (Å²) in [6.45, 7) is 7.92. The van der Waals surface area contributed by atoms with E-state index in [1.54, 1.807) is 0 Å². The fourth-order valence-electron chi connectivity index (χ4n) is 0.733. The zero-order chi connectivity index (χ0) is 7.66. The van der Waals surface area contributed by atoms with Crippen LogP contribution in [0.25, 0.3) is 0 Å². The highest BCUT2D eigenvalue weighted by molar-refractivity contribution is 4.75. The number of allylic oxidation sites excluding steroid dienone is 1. The molecule has 0 unspecified atom stereocenters. The van der Waals surface area contributed by atoms with Gasteiger partial charge in [0.05, 0.1) is 0 Å². The molecular weight excluding hydrogens is 122 g/mol. The Balaban J connectivity index is 2.83. The third-order valence-corrected chi connectivity index (χ3v) is 1.27. The van der Waals surface area contributed by atoms with Crippen molar-refractivity contribution in [3.8, 4) is 0 Å². The Morgan fingerprint density at radius 1 is 1.50 bits per heavy atom. The predicted octanol–water partition coefficient (Wildman–Crippen LogP) is 2.11. The number of rotatable bonds is 6. The van der Waals surface area contributed by atoms with E-state index in [1.807, 2.05) is 6.08 Å². The van der Waals surface area contributed by atoms with Crippen molar-refractivity contribution >= 4 is 0 Å². The lowest BCUT2D eigenvalue weighted by Crippen LogP contribution is -2.15. The van der Waals surface area contributed by atoms with Gasteiger partial charge in [-0.3, -0.25) is 0 Å². The summed E-state index contributed by atoms with van der Waals surface area (Å²) in [6.07, 6.45) is 5.49. The topological polar surface area (TPSA) is 12.0 Å². The lowest BCUT2D eigenvalue weighted by molar-refractivity contribution is 0.645. The van der Waals surface area contributed by atoms with Gasteiger partial charge in [-0.2, -0.15) is 0 Å². The third-order valence-electron chi connectivity index (χ3n) is 1.27. The SMILES string of the molecule is C=C=CCCCNCCC. The van der Waals surface area contributed by atoms with E-state index in [2.05, 4.69) is 24.6 Å². The molecular formula is C9H17N. The van der Waals surface area contributed by atoms with E-state index >= 15 is 0 Å². The Morgan fingerprint density at radius 2 is 2.30 bits per heavy atom. The summed E-state index contributed by atoms with van der Waals surface area (Å²) in [7, 11) is 0. The molecule has 0 bridgehead atoms. The summed E-state index contributed by atoms with van der Waals surface area (Å²) >= 11 is 0. The van der Waals surface area contributed by atoms with Crippen LogP contribution in [0.1, 0.15) is 26.2 Å². The molecule has 0 saturated carbocycles. The van der Waals surface area contributed by atoms with Gasteiger partial charge in [0.25, 0.3) is 0 Å². The van der Waals surface area contributed by atoms with Crippen molar-refractivity contribution in [1.82, 2.24) is 5.32 Å². The Morgan fingerprint density at radius 3 is 2.90 bits per heavy atom. The van der Waals surface area contributed by atoms with E-state index in [9.17, 15) is 0 Å². The van der Waals surface area contributed by atoms with E-state index in [0.29, 0.717) is 0 Å². The number of nitrogens with one attached hydrogen (secondary N) is 1. The van der Waals surface area contributed by atoms with Crippen molar-refractivity contribution in [2.24, 2.45) is 0 Å². The van der Waals surface area contributed by atoms with Crippen LogP contribution >= 0.6 is 0 Å². The highest BCUT2D eigenvalue weighted by Gasteiger charge is 1.82. The van der Waals surface area contributed by atoms with Crippen molar-refractivity contribution in [2.45, 2.75) is 26.2 Å². The molecule has 0 radical (unpaired) electrons. The van der Waals surface area contributed by atoms with Crippen molar-refractivity contribution in [3.05, 3.63) is 18.4 Å². The zero-order valence-corrected chi connectivity index (χ0v) is 6.82. The first-order valence-electron chi connectivity index (χ1n) is 3.96. The van der Waals surface area contributed by atoms with Crippen LogP contribution in [0.4, 0.5) is 0 Å². The number of hydrogen-bond donors (Lipinski definition) is 1. The zero-order valence-electron chi connectivity index (χ0n) is 6.82. The lowest BCUT2D eigenvalue weighted by atomic mass is 10.3. The molecule has 58 valence electrons. The first-order valence-corrected chi connectivity index (χ1v) is 3.96. The fourth-order valence-corrected chi connectivity index (χ4v) is 0.733. The summed E-state index contributed by atoms with van der Waals surface area (Å²) in [5.74, 6) is 0. The molecule has 0 saturated heterocycles. The van der Waals surface area contributed by atoms with Gasteiger partial charge in [0.1, 0.15) is 0 Å². The van der Waals surface area contributed by atoms with E-state index < -0.39 is 0 Å². The van der Waals surface area contributed by atoms with E-state index in [0.717, 1.165) is 19.5 Å². The molecule has 1 heteroatoms. The van der Waals surface area contributed by atoms with Crippen molar-refractivity contribution in [1.29, 1.82) is 0 Å². The largest absolute Gasteiger partial charge is 0.317 e. The molecule has 0 aliphatic heterocycles. The van der Waals surface area contributed by atoms with Crippen LogP contribution in [-0.2, 0) is 0 Å². The molecule has 0 fully saturated rings. The van der Waals surface area contributed by atoms with Gasteiger partial charge < -0.3 is 5.32 Å². The fraction of sp³-hybridized carbons (Fsp3) is 0.667. The van der Waals surface area contributed by atoms with Crippen LogP contribution < -0.4 is 5.32 Å². The average molecular weight is 139 g/mol. The van der Waals surface area contributed by atoms with Crippen molar-refractivity contribution < 1.29 is 0 Å². The molecule has 0 heterocycles. The van der Waals surface area contributed by atoms with Crippen LogP contribution in [0.15, 0.2) is 18.4 Å². The van der Waals surface area contributed by atoms with Crippen LogP contribution in [0, 0.1) is 0 Å². The van der Waals surface area contributed by atoms with E-state index in [4.69, 9.17) is 0 Å². The van der Waals surface area contributed by atoms with Gasteiger partial charge >= 0.3 is 0 Å². The quantitative estimate of drug-likeness (QED) is 0.439. The van der Waals surface area contributed by atoms with Crippen LogP contribution in [0.5, 0.6) is 0 Å². The minimum absolute atomic E-state index is 1.10. The summed E-state index contributed by atoms with van der Waals surface area (Å²) in [6, 6.07) is 0. The van der Waals surface area contributed by atoms with Crippen LogP contribution in [-0.4, -0.2) is 13.1 Å². The van der Waals surface area contributed by atoms with Gasteiger partial charge in [-0.15, -0.1) is 5.73 Å². The van der Waals surface area contributed by atoms with Gasteiger partial charge in [0.2, 0.25) is 0 Å². The number of unbranched alkanes of at least 4 members (excludes halogenated alkanes) is 1. The smallest absolute Gasteiger partial charge is 0.00457 e. The molecule has 1 nitrogen and oxygen atoms in total. The highest BCUT2D eigenvalue weighted by Crippen LogP contribution is 1.86. The van der Waals surface area contributed by atoms with Gasteiger partial charge in [-0.05, 0) is 38.4 Å².